The number of amides is 1. The summed E-state index contributed by atoms with van der Waals surface area (Å²) in [6.45, 7) is 12.9. The molecule has 2 N–H and O–H groups in total. The van der Waals surface area contributed by atoms with Gasteiger partial charge in [-0.25, -0.2) is 9.18 Å². The third-order valence-corrected chi connectivity index (χ3v) is 7.22. The van der Waals surface area contributed by atoms with E-state index < -0.39 is 17.3 Å². The summed E-state index contributed by atoms with van der Waals surface area (Å²) in [6.07, 6.45) is 2.49. The van der Waals surface area contributed by atoms with Gasteiger partial charge in [-0.05, 0) is 108 Å². The van der Waals surface area contributed by atoms with Crippen LogP contribution < -0.4 is 20.3 Å². The van der Waals surface area contributed by atoms with E-state index in [1.807, 2.05) is 26.8 Å². The summed E-state index contributed by atoms with van der Waals surface area (Å²) in [7, 11) is 1.66. The molecule has 2 aromatic carbocycles. The third kappa shape index (κ3) is 7.50. The number of nitrogens with zero attached hydrogens (tertiary/aromatic N) is 1. The molecule has 1 aliphatic carbocycles. The highest BCUT2D eigenvalue weighted by atomic mass is 19.1. The van der Waals surface area contributed by atoms with E-state index in [1.54, 1.807) is 53.1 Å². The summed E-state index contributed by atoms with van der Waals surface area (Å²) in [4.78, 5) is 24.7. The number of hydrogen-bond acceptors (Lipinski definition) is 6. The van der Waals surface area contributed by atoms with Crippen LogP contribution in [0.2, 0.25) is 0 Å². The van der Waals surface area contributed by atoms with Gasteiger partial charge in [-0.15, -0.1) is 0 Å². The first kappa shape index (κ1) is 31.1. The lowest BCUT2D eigenvalue weighted by atomic mass is 9.82. The molecule has 1 heterocycles. The Balaban J connectivity index is 1.63. The Bertz CT molecular complexity index is 1500. The van der Waals surface area contributed by atoms with E-state index in [2.05, 4.69) is 5.32 Å². The van der Waals surface area contributed by atoms with Crippen molar-refractivity contribution in [1.29, 1.82) is 0 Å². The molecule has 1 amide bonds. The number of alkyl carbamates (subject to hydrolysis) is 1. The van der Waals surface area contributed by atoms with Gasteiger partial charge in [-0.3, -0.25) is 4.79 Å². The van der Waals surface area contributed by atoms with Crippen molar-refractivity contribution < 1.29 is 28.5 Å². The lowest BCUT2D eigenvalue weighted by molar-refractivity contribution is 0.0416. The van der Waals surface area contributed by atoms with E-state index in [0.717, 1.165) is 0 Å². The smallest absolute Gasteiger partial charge is 0.407 e. The van der Waals surface area contributed by atoms with Gasteiger partial charge in [0.05, 0.1) is 11.7 Å². The highest BCUT2D eigenvalue weighted by Crippen LogP contribution is 2.43. The van der Waals surface area contributed by atoms with Crippen LogP contribution in [-0.4, -0.2) is 34.0 Å². The van der Waals surface area contributed by atoms with Gasteiger partial charge in [-0.2, -0.15) is 0 Å². The molecule has 0 atom stereocenters. The predicted molar refractivity (Wildman–Crippen MR) is 160 cm³/mol. The van der Waals surface area contributed by atoms with Crippen molar-refractivity contribution in [3.05, 3.63) is 75.5 Å². The number of aryl methyl sites for hydroxylation is 3. The Morgan fingerprint density at radius 3 is 2.26 bits per heavy atom. The Labute approximate surface area is 246 Å². The first-order chi connectivity index (χ1) is 19.5. The Kier molecular flexibility index (Phi) is 8.73. The molecular weight excluding hydrogens is 539 g/mol. The van der Waals surface area contributed by atoms with E-state index in [1.165, 1.54) is 22.8 Å². The highest BCUT2D eigenvalue weighted by Gasteiger charge is 2.33. The normalized spacial score (nSPS) is 16.9. The number of ether oxygens (including phenoxy) is 3. The number of rotatable bonds is 8. The summed E-state index contributed by atoms with van der Waals surface area (Å²) in [5, 5.41) is 13.6. The number of nitrogens with one attached hydrogen (secondary N) is 1. The van der Waals surface area contributed by atoms with Crippen LogP contribution in [0.4, 0.5) is 9.18 Å². The second kappa shape index (κ2) is 11.8. The van der Waals surface area contributed by atoms with Crippen LogP contribution in [0.5, 0.6) is 17.2 Å². The topological polar surface area (TPSA) is 99.0 Å². The molecule has 0 unspecified atom stereocenters. The number of halogens is 1. The zero-order chi connectivity index (χ0) is 31.0. The van der Waals surface area contributed by atoms with Crippen LogP contribution in [-0.2, 0) is 17.4 Å². The van der Waals surface area contributed by atoms with Gasteiger partial charge in [0.15, 0.2) is 0 Å². The summed E-state index contributed by atoms with van der Waals surface area (Å²) in [5.74, 6) is 1.27. The molecule has 4 rings (SSSR count). The van der Waals surface area contributed by atoms with Gasteiger partial charge in [0, 0.05) is 37.0 Å². The van der Waals surface area contributed by atoms with Crippen LogP contribution >= 0.6 is 0 Å². The SMILES string of the molecule is Cc1cc(F)cc(C)c1Oc1ccc(C(C)(C)O)cc1-c1cn(C)c(=O)cc1O[C@H]1C[C@@H](CNC(=O)OC(C)(C)C)C1. The van der Waals surface area contributed by atoms with E-state index >= 15 is 0 Å². The number of aliphatic hydroxyl groups is 1. The van der Waals surface area contributed by atoms with Crippen molar-refractivity contribution in [3.8, 4) is 28.4 Å². The molecule has 226 valence electrons. The zero-order valence-corrected chi connectivity index (χ0v) is 25.6. The maximum Gasteiger partial charge on any atom is 0.407 e. The number of benzene rings is 2. The second-order valence-corrected chi connectivity index (χ2v) is 12.7. The number of carbonyl (C=O) groups excluding carboxylic acids is 1. The van der Waals surface area contributed by atoms with E-state index in [4.69, 9.17) is 14.2 Å². The predicted octanol–water partition coefficient (Wildman–Crippen LogP) is 6.51. The van der Waals surface area contributed by atoms with Crippen molar-refractivity contribution in [2.45, 2.75) is 78.6 Å². The molecule has 1 aromatic heterocycles. The Hall–Kier alpha value is -3.85. The molecule has 1 aliphatic rings. The first-order valence-electron chi connectivity index (χ1n) is 14.2. The number of carbonyl (C=O) groups is 1. The van der Waals surface area contributed by atoms with Gasteiger partial charge >= 0.3 is 6.09 Å². The van der Waals surface area contributed by atoms with E-state index in [-0.39, 0.29) is 23.4 Å². The van der Waals surface area contributed by atoms with Crippen molar-refractivity contribution >= 4 is 6.09 Å². The average Bonchev–Trinajstić information content (AvgIpc) is 2.83. The van der Waals surface area contributed by atoms with Crippen molar-refractivity contribution in [2.24, 2.45) is 13.0 Å². The summed E-state index contributed by atoms with van der Waals surface area (Å²) in [6, 6.07) is 9.66. The molecule has 3 aromatic rings. The fourth-order valence-corrected chi connectivity index (χ4v) is 4.95. The third-order valence-electron chi connectivity index (χ3n) is 7.22. The molecule has 0 bridgehead atoms. The van der Waals surface area contributed by atoms with Crippen LogP contribution in [0.1, 0.15) is 64.2 Å². The zero-order valence-electron chi connectivity index (χ0n) is 25.6. The first-order valence-corrected chi connectivity index (χ1v) is 14.2. The standard InChI is InChI=1S/C33H41FN2O6/c1-19-11-23(34)12-20(2)30(19)41-27-10-9-22(33(6,7)39)15-25(27)26-18-36(8)29(37)16-28(26)40-24-13-21(14-24)17-35-31(38)42-32(3,4)5/h9-12,15-16,18,21,24,39H,13-14,17H2,1-8H3,(H,35,38)/t21-,24+. The summed E-state index contributed by atoms with van der Waals surface area (Å²) in [5.41, 5.74) is 1.22. The van der Waals surface area contributed by atoms with Gasteiger partial charge in [-0.1, -0.05) is 6.07 Å². The van der Waals surface area contributed by atoms with Crippen LogP contribution in [0.3, 0.4) is 0 Å². The minimum Gasteiger partial charge on any atom is -0.489 e. The van der Waals surface area contributed by atoms with Gasteiger partial charge in [0.2, 0.25) is 0 Å². The maximum atomic E-state index is 14.0. The highest BCUT2D eigenvalue weighted by molar-refractivity contribution is 5.76. The van der Waals surface area contributed by atoms with Crippen LogP contribution in [0.25, 0.3) is 11.1 Å². The number of aromatic nitrogens is 1. The summed E-state index contributed by atoms with van der Waals surface area (Å²) >= 11 is 0. The quantitative estimate of drug-likeness (QED) is 0.315. The minimum absolute atomic E-state index is 0.148. The molecule has 42 heavy (non-hydrogen) atoms. The monoisotopic (exact) mass is 580 g/mol. The van der Waals surface area contributed by atoms with E-state index in [9.17, 15) is 19.1 Å². The molecule has 0 aliphatic heterocycles. The molecule has 1 fully saturated rings. The molecule has 1 saturated carbocycles. The lowest BCUT2D eigenvalue weighted by Crippen LogP contribution is -2.42. The van der Waals surface area contributed by atoms with E-state index in [0.29, 0.717) is 64.5 Å². The average molecular weight is 581 g/mol. The molecule has 9 heteroatoms. The van der Waals surface area contributed by atoms with Crippen molar-refractivity contribution in [3.63, 3.8) is 0 Å². The molecule has 8 nitrogen and oxygen atoms in total. The molecular formula is C33H41FN2O6. The largest absolute Gasteiger partial charge is 0.489 e. The van der Waals surface area contributed by atoms with Crippen molar-refractivity contribution in [1.82, 2.24) is 9.88 Å². The van der Waals surface area contributed by atoms with Crippen LogP contribution in [0, 0.1) is 25.6 Å². The molecule has 0 spiro atoms. The van der Waals surface area contributed by atoms with Crippen molar-refractivity contribution in [2.75, 3.05) is 6.54 Å². The lowest BCUT2D eigenvalue weighted by Gasteiger charge is -2.36. The van der Waals surface area contributed by atoms with Gasteiger partial charge in [0.25, 0.3) is 5.56 Å². The van der Waals surface area contributed by atoms with Crippen LogP contribution in [0.15, 0.2) is 47.4 Å². The number of hydrogen-bond donors (Lipinski definition) is 2. The number of pyridine rings is 1. The summed E-state index contributed by atoms with van der Waals surface area (Å²) < 4.78 is 33.5. The molecule has 0 radical (unpaired) electrons. The minimum atomic E-state index is -1.14. The Morgan fingerprint density at radius 2 is 1.67 bits per heavy atom. The molecule has 0 saturated heterocycles. The maximum absolute atomic E-state index is 14.0. The fraction of sp³-hybridized carbons (Fsp3) is 0.455. The second-order valence-electron chi connectivity index (χ2n) is 12.7. The van der Waals surface area contributed by atoms with Gasteiger partial charge in [0.1, 0.15) is 28.7 Å². The fourth-order valence-electron chi connectivity index (χ4n) is 4.95. The Morgan fingerprint density at radius 1 is 1.02 bits per heavy atom. The van der Waals surface area contributed by atoms with Gasteiger partial charge < -0.3 is 29.2 Å².